The SMILES string of the molecule is NC(CC1CCCCO1)c1cc2cc(Cl)ccc2o1. The average Bonchev–Trinajstić information content (AvgIpc) is 2.83. The van der Waals surface area contributed by atoms with Gasteiger partial charge >= 0.3 is 0 Å². The zero-order chi connectivity index (χ0) is 13.2. The van der Waals surface area contributed by atoms with E-state index in [9.17, 15) is 0 Å². The maximum atomic E-state index is 6.22. The molecule has 0 bridgehead atoms. The lowest BCUT2D eigenvalue weighted by Crippen LogP contribution is -2.24. The van der Waals surface area contributed by atoms with Crippen molar-refractivity contribution in [2.75, 3.05) is 6.61 Å². The predicted octanol–water partition coefficient (Wildman–Crippen LogP) is 4.05. The second-order valence-electron chi connectivity index (χ2n) is 5.16. The maximum absolute atomic E-state index is 6.22. The van der Waals surface area contributed by atoms with Gasteiger partial charge in [-0.3, -0.25) is 0 Å². The van der Waals surface area contributed by atoms with Crippen LogP contribution in [0.3, 0.4) is 0 Å². The quantitative estimate of drug-likeness (QED) is 0.922. The summed E-state index contributed by atoms with van der Waals surface area (Å²) in [4.78, 5) is 0. The van der Waals surface area contributed by atoms with Crippen LogP contribution in [0.25, 0.3) is 11.0 Å². The van der Waals surface area contributed by atoms with Gasteiger partial charge in [-0.2, -0.15) is 0 Å². The van der Waals surface area contributed by atoms with E-state index < -0.39 is 0 Å². The van der Waals surface area contributed by atoms with Gasteiger partial charge in [0, 0.05) is 17.0 Å². The Bertz CT molecular complexity index is 560. The van der Waals surface area contributed by atoms with Crippen molar-refractivity contribution in [3.8, 4) is 0 Å². The fourth-order valence-electron chi connectivity index (χ4n) is 2.61. The van der Waals surface area contributed by atoms with Gasteiger partial charge in [-0.25, -0.2) is 0 Å². The van der Waals surface area contributed by atoms with Crippen LogP contribution in [0.1, 0.15) is 37.5 Å². The van der Waals surface area contributed by atoms with Gasteiger partial charge in [0.05, 0.1) is 12.1 Å². The van der Waals surface area contributed by atoms with E-state index in [-0.39, 0.29) is 12.1 Å². The lowest BCUT2D eigenvalue weighted by atomic mass is 10.0. The Hall–Kier alpha value is -1.03. The number of fused-ring (bicyclic) bond motifs is 1. The lowest BCUT2D eigenvalue weighted by Gasteiger charge is -2.24. The van der Waals surface area contributed by atoms with Gasteiger partial charge in [-0.1, -0.05) is 11.6 Å². The predicted molar refractivity (Wildman–Crippen MR) is 76.4 cm³/mol. The fraction of sp³-hybridized carbons (Fsp3) is 0.467. The summed E-state index contributed by atoms with van der Waals surface area (Å²) in [6.07, 6.45) is 4.57. The number of furan rings is 1. The first-order valence-corrected chi connectivity index (χ1v) is 7.16. The smallest absolute Gasteiger partial charge is 0.134 e. The number of halogens is 1. The summed E-state index contributed by atoms with van der Waals surface area (Å²) in [5, 5.41) is 1.71. The molecule has 0 amide bonds. The number of ether oxygens (including phenoxy) is 1. The molecule has 1 aromatic carbocycles. The van der Waals surface area contributed by atoms with Crippen LogP contribution < -0.4 is 5.73 Å². The van der Waals surface area contributed by atoms with E-state index in [0.717, 1.165) is 42.6 Å². The molecule has 1 aliphatic rings. The van der Waals surface area contributed by atoms with E-state index in [0.29, 0.717) is 5.02 Å². The molecule has 1 aliphatic heterocycles. The van der Waals surface area contributed by atoms with E-state index in [1.807, 2.05) is 24.3 Å². The number of hydrogen-bond acceptors (Lipinski definition) is 3. The summed E-state index contributed by atoms with van der Waals surface area (Å²) < 4.78 is 11.5. The van der Waals surface area contributed by atoms with E-state index >= 15 is 0 Å². The highest BCUT2D eigenvalue weighted by atomic mass is 35.5. The molecule has 1 fully saturated rings. The van der Waals surface area contributed by atoms with Crippen molar-refractivity contribution in [3.05, 3.63) is 35.0 Å². The van der Waals surface area contributed by atoms with E-state index in [1.165, 1.54) is 6.42 Å². The Morgan fingerprint density at radius 1 is 1.32 bits per heavy atom. The van der Waals surface area contributed by atoms with Crippen LogP contribution in [0.5, 0.6) is 0 Å². The third-order valence-electron chi connectivity index (χ3n) is 3.65. The van der Waals surface area contributed by atoms with Crippen LogP contribution in [0.15, 0.2) is 28.7 Å². The third-order valence-corrected chi connectivity index (χ3v) is 3.89. The molecular weight excluding hydrogens is 262 g/mol. The highest BCUT2D eigenvalue weighted by molar-refractivity contribution is 6.31. The van der Waals surface area contributed by atoms with Crippen LogP contribution in [-0.4, -0.2) is 12.7 Å². The summed E-state index contributed by atoms with van der Waals surface area (Å²) in [5.74, 6) is 0.812. The van der Waals surface area contributed by atoms with Crippen LogP contribution in [0.2, 0.25) is 5.02 Å². The molecule has 2 atom stereocenters. The van der Waals surface area contributed by atoms with Crippen molar-refractivity contribution in [2.24, 2.45) is 5.73 Å². The summed E-state index contributed by atoms with van der Waals surface area (Å²) in [5.41, 5.74) is 7.05. The highest BCUT2D eigenvalue weighted by Gasteiger charge is 2.20. The minimum Gasteiger partial charge on any atom is -0.459 e. The van der Waals surface area contributed by atoms with E-state index in [4.69, 9.17) is 26.5 Å². The monoisotopic (exact) mass is 279 g/mol. The molecule has 102 valence electrons. The Balaban J connectivity index is 1.75. The molecule has 3 nitrogen and oxygen atoms in total. The number of benzene rings is 1. The summed E-state index contributed by atoms with van der Waals surface area (Å²) in [6.45, 7) is 0.854. The van der Waals surface area contributed by atoms with Gasteiger partial charge in [-0.15, -0.1) is 0 Å². The van der Waals surface area contributed by atoms with Crippen molar-refractivity contribution in [1.82, 2.24) is 0 Å². The zero-order valence-electron chi connectivity index (χ0n) is 10.8. The Labute approximate surface area is 117 Å². The molecule has 3 rings (SSSR count). The standard InChI is InChI=1S/C15H18ClNO2/c16-11-4-5-14-10(7-11)8-15(19-14)13(17)9-12-3-1-2-6-18-12/h4-5,7-8,12-13H,1-3,6,9,17H2. The van der Waals surface area contributed by atoms with Crippen LogP contribution in [0.4, 0.5) is 0 Å². The molecule has 2 N–H and O–H groups in total. The van der Waals surface area contributed by atoms with Crippen molar-refractivity contribution in [2.45, 2.75) is 37.8 Å². The second-order valence-corrected chi connectivity index (χ2v) is 5.60. The maximum Gasteiger partial charge on any atom is 0.134 e. The minimum atomic E-state index is -0.116. The van der Waals surface area contributed by atoms with Gasteiger partial charge in [-0.05, 0) is 49.9 Å². The Kier molecular flexibility index (Phi) is 3.78. The molecular formula is C15H18ClNO2. The van der Waals surface area contributed by atoms with Gasteiger partial charge < -0.3 is 14.9 Å². The summed E-state index contributed by atoms with van der Waals surface area (Å²) in [6, 6.07) is 7.47. The fourth-order valence-corrected chi connectivity index (χ4v) is 2.79. The van der Waals surface area contributed by atoms with Crippen LogP contribution in [0, 0.1) is 0 Å². The first-order chi connectivity index (χ1) is 9.22. The number of rotatable bonds is 3. The normalized spacial score (nSPS) is 21.7. The Morgan fingerprint density at radius 3 is 3.00 bits per heavy atom. The first kappa shape index (κ1) is 13.0. The van der Waals surface area contributed by atoms with Crippen molar-refractivity contribution < 1.29 is 9.15 Å². The van der Waals surface area contributed by atoms with Gasteiger partial charge in [0.2, 0.25) is 0 Å². The van der Waals surface area contributed by atoms with Crippen molar-refractivity contribution >= 4 is 22.6 Å². The van der Waals surface area contributed by atoms with Gasteiger partial charge in [0.25, 0.3) is 0 Å². The van der Waals surface area contributed by atoms with Gasteiger partial charge in [0.1, 0.15) is 11.3 Å². The first-order valence-electron chi connectivity index (χ1n) is 6.78. The van der Waals surface area contributed by atoms with E-state index in [1.54, 1.807) is 0 Å². The molecule has 19 heavy (non-hydrogen) atoms. The van der Waals surface area contributed by atoms with Crippen molar-refractivity contribution in [3.63, 3.8) is 0 Å². The zero-order valence-corrected chi connectivity index (χ0v) is 11.5. The van der Waals surface area contributed by atoms with Crippen molar-refractivity contribution in [1.29, 1.82) is 0 Å². The van der Waals surface area contributed by atoms with Gasteiger partial charge in [0.15, 0.2) is 0 Å². The number of hydrogen-bond donors (Lipinski definition) is 1. The molecule has 1 aromatic heterocycles. The molecule has 2 aromatic rings. The highest BCUT2D eigenvalue weighted by Crippen LogP contribution is 2.29. The Morgan fingerprint density at radius 2 is 2.21 bits per heavy atom. The van der Waals surface area contributed by atoms with Crippen LogP contribution in [-0.2, 0) is 4.74 Å². The summed E-state index contributed by atoms with van der Waals surface area (Å²) in [7, 11) is 0. The summed E-state index contributed by atoms with van der Waals surface area (Å²) >= 11 is 5.97. The number of nitrogens with two attached hydrogens (primary N) is 1. The van der Waals surface area contributed by atoms with E-state index in [2.05, 4.69) is 0 Å². The topological polar surface area (TPSA) is 48.4 Å². The molecule has 0 saturated carbocycles. The molecule has 0 radical (unpaired) electrons. The molecule has 2 heterocycles. The lowest BCUT2D eigenvalue weighted by molar-refractivity contribution is 0.00628. The second kappa shape index (κ2) is 5.53. The molecule has 0 aliphatic carbocycles. The molecule has 2 unspecified atom stereocenters. The molecule has 0 spiro atoms. The van der Waals surface area contributed by atoms with Crippen LogP contribution >= 0.6 is 11.6 Å². The average molecular weight is 280 g/mol. The minimum absolute atomic E-state index is 0.116. The molecule has 4 heteroatoms. The third kappa shape index (κ3) is 2.94. The molecule has 1 saturated heterocycles. The largest absolute Gasteiger partial charge is 0.459 e.